The van der Waals surface area contributed by atoms with Gasteiger partial charge in [0.15, 0.2) is 5.96 Å². The van der Waals surface area contributed by atoms with E-state index in [1.807, 2.05) is 0 Å². The minimum Gasteiger partial charge on any atom is -0.356 e. The van der Waals surface area contributed by atoms with Gasteiger partial charge in [0.25, 0.3) is 10.0 Å². The molecule has 10 heteroatoms. The number of alkyl halides is 2. The van der Waals surface area contributed by atoms with Gasteiger partial charge in [-0.15, -0.1) is 24.0 Å². The summed E-state index contributed by atoms with van der Waals surface area (Å²) < 4.78 is 48.5. The van der Waals surface area contributed by atoms with Crippen molar-refractivity contribution in [2.24, 2.45) is 10.9 Å². The third kappa shape index (κ3) is 6.49. The predicted octanol–water partition coefficient (Wildman–Crippen LogP) is 1.44. The summed E-state index contributed by atoms with van der Waals surface area (Å²) in [4.78, 5) is 4.08. The number of hydrogen-bond acceptors (Lipinski definition) is 3. The fourth-order valence-corrected chi connectivity index (χ4v) is 3.13. The van der Waals surface area contributed by atoms with Crippen LogP contribution < -0.4 is 10.6 Å². The van der Waals surface area contributed by atoms with Crippen molar-refractivity contribution in [3.63, 3.8) is 0 Å². The molecule has 1 aliphatic rings. The molecule has 0 saturated carbocycles. The van der Waals surface area contributed by atoms with Gasteiger partial charge in [-0.1, -0.05) is 6.92 Å². The van der Waals surface area contributed by atoms with E-state index in [0.717, 1.165) is 17.3 Å². The van der Waals surface area contributed by atoms with E-state index in [9.17, 15) is 17.2 Å². The molecular formula is C12H25F2IN4O2S. The Morgan fingerprint density at radius 1 is 1.32 bits per heavy atom. The van der Waals surface area contributed by atoms with Gasteiger partial charge in [-0.2, -0.15) is 13.1 Å². The van der Waals surface area contributed by atoms with Crippen molar-refractivity contribution < 1.29 is 17.2 Å². The lowest BCUT2D eigenvalue weighted by Crippen LogP contribution is -2.45. The van der Waals surface area contributed by atoms with Crippen molar-refractivity contribution in [2.75, 3.05) is 33.2 Å². The summed E-state index contributed by atoms with van der Waals surface area (Å²) in [5.41, 5.74) is 0. The molecule has 0 aromatic rings. The van der Waals surface area contributed by atoms with Gasteiger partial charge in [-0.3, -0.25) is 4.99 Å². The van der Waals surface area contributed by atoms with Crippen molar-refractivity contribution >= 4 is 40.0 Å². The second-order valence-corrected chi connectivity index (χ2v) is 6.93. The molecule has 0 aromatic carbocycles. The molecule has 0 aromatic heterocycles. The van der Waals surface area contributed by atoms with E-state index in [1.54, 1.807) is 7.05 Å². The van der Waals surface area contributed by atoms with Gasteiger partial charge in [-0.05, 0) is 25.2 Å². The standard InChI is InChI=1S/C12H24F2N4O2S.HI/c1-3-6-16-12(15-2)17-9-10-4-7-18(8-5-10)21(19,20)11(13)14;/h10-11H,3-9H2,1-2H3,(H2,15,16,17);1H. The zero-order valence-electron chi connectivity index (χ0n) is 12.9. The lowest BCUT2D eigenvalue weighted by Gasteiger charge is -2.31. The van der Waals surface area contributed by atoms with Gasteiger partial charge in [0, 0.05) is 33.2 Å². The lowest BCUT2D eigenvalue weighted by atomic mass is 9.98. The second-order valence-electron chi connectivity index (χ2n) is 5.03. The predicted molar refractivity (Wildman–Crippen MR) is 94.3 cm³/mol. The fraction of sp³-hybridized carbons (Fsp3) is 0.917. The van der Waals surface area contributed by atoms with Gasteiger partial charge in [0.05, 0.1) is 0 Å². The normalized spacial score (nSPS) is 18.1. The molecular weight excluding hydrogens is 429 g/mol. The first-order chi connectivity index (χ1) is 9.91. The third-order valence-corrected chi connectivity index (χ3v) is 5.02. The Bertz CT molecular complexity index is 440. The molecule has 0 amide bonds. The van der Waals surface area contributed by atoms with Gasteiger partial charge in [0.2, 0.25) is 0 Å². The first-order valence-electron chi connectivity index (χ1n) is 7.13. The molecule has 1 aliphatic heterocycles. The SMILES string of the molecule is CCCNC(=NC)NCC1CCN(S(=O)(=O)C(F)F)CC1.I. The van der Waals surface area contributed by atoms with Gasteiger partial charge in [0.1, 0.15) is 0 Å². The smallest absolute Gasteiger partial charge is 0.350 e. The Balaban J connectivity index is 0.00000441. The summed E-state index contributed by atoms with van der Waals surface area (Å²) in [5, 5.41) is 6.31. The zero-order valence-corrected chi connectivity index (χ0v) is 16.0. The summed E-state index contributed by atoms with van der Waals surface area (Å²) in [7, 11) is -2.74. The van der Waals surface area contributed by atoms with Gasteiger partial charge in [-0.25, -0.2) is 8.42 Å². The van der Waals surface area contributed by atoms with Crippen LogP contribution in [0.4, 0.5) is 8.78 Å². The van der Waals surface area contributed by atoms with E-state index in [4.69, 9.17) is 0 Å². The summed E-state index contributed by atoms with van der Waals surface area (Å²) >= 11 is 0. The quantitative estimate of drug-likeness (QED) is 0.362. The molecule has 1 saturated heterocycles. The number of piperidine rings is 1. The Hall–Kier alpha value is -0.230. The minimum absolute atomic E-state index is 0. The number of sulfonamides is 1. The molecule has 0 bridgehead atoms. The molecule has 0 atom stereocenters. The van der Waals surface area contributed by atoms with E-state index in [0.29, 0.717) is 25.3 Å². The summed E-state index contributed by atoms with van der Waals surface area (Å²) in [6.45, 7) is 3.84. The Morgan fingerprint density at radius 2 is 1.91 bits per heavy atom. The molecule has 1 fully saturated rings. The van der Waals surface area contributed by atoms with Gasteiger partial charge < -0.3 is 10.6 Å². The average Bonchev–Trinajstić information content (AvgIpc) is 2.47. The number of aliphatic imine (C=N–C) groups is 1. The van der Waals surface area contributed by atoms with E-state index in [-0.39, 0.29) is 43.0 Å². The molecule has 0 unspecified atom stereocenters. The molecule has 6 nitrogen and oxygen atoms in total. The number of rotatable bonds is 6. The molecule has 132 valence electrons. The third-order valence-electron chi connectivity index (χ3n) is 3.48. The first-order valence-corrected chi connectivity index (χ1v) is 8.63. The second kappa shape index (κ2) is 10.5. The van der Waals surface area contributed by atoms with E-state index in [1.165, 1.54) is 0 Å². The zero-order chi connectivity index (χ0) is 15.9. The molecule has 0 spiro atoms. The minimum atomic E-state index is -4.43. The summed E-state index contributed by atoms with van der Waals surface area (Å²) in [6, 6.07) is 0. The summed E-state index contributed by atoms with van der Waals surface area (Å²) in [5.74, 6) is -2.36. The highest BCUT2D eigenvalue weighted by atomic mass is 127. The van der Waals surface area contributed by atoms with E-state index in [2.05, 4.69) is 22.5 Å². The topological polar surface area (TPSA) is 73.8 Å². The summed E-state index contributed by atoms with van der Waals surface area (Å²) in [6.07, 6.45) is 2.14. The van der Waals surface area contributed by atoms with Crippen LogP contribution in [-0.2, 0) is 10.0 Å². The monoisotopic (exact) mass is 454 g/mol. The molecule has 1 rings (SSSR count). The number of nitrogens with one attached hydrogen (secondary N) is 2. The van der Waals surface area contributed by atoms with E-state index < -0.39 is 15.8 Å². The molecule has 0 aliphatic carbocycles. The Morgan fingerprint density at radius 3 is 2.36 bits per heavy atom. The number of halogens is 3. The van der Waals surface area contributed by atoms with Crippen LogP contribution in [0.1, 0.15) is 26.2 Å². The van der Waals surface area contributed by atoms with Crippen LogP contribution in [0.25, 0.3) is 0 Å². The van der Waals surface area contributed by atoms with Crippen molar-refractivity contribution in [1.82, 2.24) is 14.9 Å². The van der Waals surface area contributed by atoms with Crippen LogP contribution in [0, 0.1) is 5.92 Å². The maximum Gasteiger partial charge on any atom is 0.350 e. The number of hydrogen-bond donors (Lipinski definition) is 2. The maximum atomic E-state index is 12.4. The van der Waals surface area contributed by atoms with Crippen molar-refractivity contribution in [1.29, 1.82) is 0 Å². The van der Waals surface area contributed by atoms with Crippen molar-refractivity contribution in [2.45, 2.75) is 31.9 Å². The Labute approximate surface area is 148 Å². The van der Waals surface area contributed by atoms with Gasteiger partial charge >= 0.3 is 5.76 Å². The van der Waals surface area contributed by atoms with E-state index >= 15 is 0 Å². The fourth-order valence-electron chi connectivity index (χ4n) is 2.19. The van der Waals surface area contributed by atoms with Crippen LogP contribution in [0.2, 0.25) is 0 Å². The molecule has 2 N–H and O–H groups in total. The number of nitrogens with zero attached hydrogens (tertiary/aromatic N) is 2. The molecule has 22 heavy (non-hydrogen) atoms. The highest BCUT2D eigenvalue weighted by Gasteiger charge is 2.34. The largest absolute Gasteiger partial charge is 0.356 e. The highest BCUT2D eigenvalue weighted by molar-refractivity contribution is 14.0. The van der Waals surface area contributed by atoms with Crippen LogP contribution in [-0.4, -0.2) is 57.7 Å². The van der Waals surface area contributed by atoms with Crippen LogP contribution in [0.3, 0.4) is 0 Å². The Kier molecular flexibility index (Phi) is 10.4. The highest BCUT2D eigenvalue weighted by Crippen LogP contribution is 2.22. The maximum absolute atomic E-state index is 12.4. The molecule has 1 heterocycles. The van der Waals surface area contributed by atoms with Crippen LogP contribution >= 0.6 is 24.0 Å². The van der Waals surface area contributed by atoms with Crippen molar-refractivity contribution in [3.05, 3.63) is 0 Å². The van der Waals surface area contributed by atoms with Crippen LogP contribution in [0.15, 0.2) is 4.99 Å². The average molecular weight is 454 g/mol. The number of guanidine groups is 1. The van der Waals surface area contributed by atoms with Crippen molar-refractivity contribution in [3.8, 4) is 0 Å². The first kappa shape index (κ1) is 21.8. The van der Waals surface area contributed by atoms with Crippen LogP contribution in [0.5, 0.6) is 0 Å². The molecule has 0 radical (unpaired) electrons. The lowest BCUT2D eigenvalue weighted by molar-refractivity contribution is 0.204.